The number of benzene rings is 3. The summed E-state index contributed by atoms with van der Waals surface area (Å²) >= 11 is 0. The second-order valence-corrected chi connectivity index (χ2v) is 6.23. The molecule has 7 heteroatoms. The Hall–Kier alpha value is -3.84. The third-order valence-electron chi connectivity index (χ3n) is 4.04. The van der Waals surface area contributed by atoms with Crippen molar-refractivity contribution in [1.29, 1.82) is 0 Å². The maximum atomic E-state index is 12.4. The van der Waals surface area contributed by atoms with Crippen LogP contribution in [0.4, 0.5) is 11.4 Å². The van der Waals surface area contributed by atoms with Crippen LogP contribution in [-0.2, 0) is 9.53 Å². The number of aliphatic hydroxyl groups is 1. The molecule has 0 unspecified atom stereocenters. The highest BCUT2D eigenvalue weighted by Crippen LogP contribution is 2.29. The molecule has 0 bridgehead atoms. The SMILES string of the molecule is O=C(COC(=O)c1ccccc1NCCO)Nc1ccccc1Oc1ccccc1. The van der Waals surface area contributed by atoms with Crippen LogP contribution in [0.3, 0.4) is 0 Å². The third-order valence-corrected chi connectivity index (χ3v) is 4.04. The van der Waals surface area contributed by atoms with Gasteiger partial charge in [-0.25, -0.2) is 4.79 Å². The normalized spacial score (nSPS) is 10.2. The number of carbonyl (C=O) groups is 2. The Kier molecular flexibility index (Phi) is 7.40. The van der Waals surface area contributed by atoms with Crippen molar-refractivity contribution in [2.45, 2.75) is 0 Å². The molecule has 7 nitrogen and oxygen atoms in total. The van der Waals surface area contributed by atoms with Gasteiger partial charge in [0.25, 0.3) is 5.91 Å². The highest BCUT2D eigenvalue weighted by atomic mass is 16.5. The van der Waals surface area contributed by atoms with Gasteiger partial charge in [-0.15, -0.1) is 0 Å². The summed E-state index contributed by atoms with van der Waals surface area (Å²) in [5.41, 5.74) is 1.28. The Balaban J connectivity index is 1.60. The average molecular weight is 406 g/mol. The summed E-state index contributed by atoms with van der Waals surface area (Å²) in [6, 6.07) is 22.9. The molecule has 0 fully saturated rings. The first-order valence-electron chi connectivity index (χ1n) is 9.40. The average Bonchev–Trinajstić information content (AvgIpc) is 2.78. The third kappa shape index (κ3) is 5.83. The van der Waals surface area contributed by atoms with E-state index in [0.717, 1.165) is 0 Å². The van der Waals surface area contributed by atoms with Crippen molar-refractivity contribution < 1.29 is 24.2 Å². The first kappa shape index (κ1) is 20.9. The molecule has 0 saturated carbocycles. The van der Waals surface area contributed by atoms with E-state index in [2.05, 4.69) is 10.6 Å². The number of anilines is 2. The van der Waals surface area contributed by atoms with Crippen molar-refractivity contribution in [2.24, 2.45) is 0 Å². The van der Waals surface area contributed by atoms with E-state index in [4.69, 9.17) is 14.6 Å². The highest BCUT2D eigenvalue weighted by molar-refractivity contribution is 5.99. The van der Waals surface area contributed by atoms with Gasteiger partial charge in [-0.2, -0.15) is 0 Å². The van der Waals surface area contributed by atoms with Crippen molar-refractivity contribution in [3.8, 4) is 11.5 Å². The first-order valence-corrected chi connectivity index (χ1v) is 9.40. The largest absolute Gasteiger partial charge is 0.455 e. The van der Waals surface area contributed by atoms with E-state index in [-0.39, 0.29) is 12.2 Å². The molecule has 1 amide bonds. The van der Waals surface area contributed by atoms with E-state index >= 15 is 0 Å². The van der Waals surface area contributed by atoms with Crippen LogP contribution in [0.25, 0.3) is 0 Å². The van der Waals surface area contributed by atoms with Crippen molar-refractivity contribution in [1.82, 2.24) is 0 Å². The van der Waals surface area contributed by atoms with E-state index in [1.165, 1.54) is 0 Å². The van der Waals surface area contributed by atoms with Crippen LogP contribution in [0.15, 0.2) is 78.9 Å². The number of amides is 1. The lowest BCUT2D eigenvalue weighted by Crippen LogP contribution is -2.21. The van der Waals surface area contributed by atoms with Crippen LogP contribution in [0.1, 0.15) is 10.4 Å². The summed E-state index contributed by atoms with van der Waals surface area (Å²) < 4.78 is 11.0. The number of esters is 1. The predicted octanol–water partition coefficient (Wildman–Crippen LogP) is 3.68. The van der Waals surface area contributed by atoms with Gasteiger partial charge in [0, 0.05) is 12.2 Å². The lowest BCUT2D eigenvalue weighted by atomic mass is 10.2. The zero-order chi connectivity index (χ0) is 21.2. The molecule has 0 radical (unpaired) electrons. The molecule has 3 aromatic carbocycles. The zero-order valence-corrected chi connectivity index (χ0v) is 16.2. The van der Waals surface area contributed by atoms with Crippen molar-refractivity contribution in [2.75, 3.05) is 30.4 Å². The van der Waals surface area contributed by atoms with Gasteiger partial charge in [0.15, 0.2) is 12.4 Å². The molecule has 3 rings (SSSR count). The molecule has 3 N–H and O–H groups in total. The molecule has 0 spiro atoms. The molecular formula is C23H22N2O5. The van der Waals surface area contributed by atoms with Crippen LogP contribution in [-0.4, -0.2) is 36.7 Å². The first-order chi connectivity index (χ1) is 14.7. The Morgan fingerprint density at radius 2 is 1.50 bits per heavy atom. The molecule has 3 aromatic rings. The summed E-state index contributed by atoms with van der Waals surface area (Å²) in [4.78, 5) is 24.7. The molecule has 0 atom stereocenters. The monoisotopic (exact) mass is 406 g/mol. The summed E-state index contributed by atoms with van der Waals surface area (Å²) in [6.45, 7) is -0.230. The Bertz CT molecular complexity index is 992. The van der Waals surface area contributed by atoms with Gasteiger partial charge in [0.1, 0.15) is 5.75 Å². The maximum Gasteiger partial charge on any atom is 0.340 e. The summed E-state index contributed by atoms with van der Waals surface area (Å²) in [6.07, 6.45) is 0. The molecule has 0 aliphatic carbocycles. The molecule has 0 heterocycles. The standard InChI is InChI=1S/C23H22N2O5/c26-15-14-24-19-11-5-4-10-18(19)23(28)29-16-22(27)25-20-12-6-7-13-21(20)30-17-8-2-1-3-9-17/h1-13,24,26H,14-16H2,(H,25,27). The smallest absolute Gasteiger partial charge is 0.340 e. The molecule has 0 aliphatic rings. The fourth-order valence-corrected chi connectivity index (χ4v) is 2.68. The van der Waals surface area contributed by atoms with Gasteiger partial charge >= 0.3 is 5.97 Å². The van der Waals surface area contributed by atoms with Gasteiger partial charge in [-0.1, -0.05) is 42.5 Å². The molecule has 0 aliphatic heterocycles. The fraction of sp³-hybridized carbons (Fsp3) is 0.130. The van der Waals surface area contributed by atoms with Gasteiger partial charge in [0.05, 0.1) is 17.9 Å². The lowest BCUT2D eigenvalue weighted by molar-refractivity contribution is -0.119. The predicted molar refractivity (Wildman–Crippen MR) is 114 cm³/mol. The number of rotatable bonds is 9. The van der Waals surface area contributed by atoms with Crippen LogP contribution in [0.2, 0.25) is 0 Å². The van der Waals surface area contributed by atoms with E-state index < -0.39 is 18.5 Å². The number of para-hydroxylation sites is 4. The molecular weight excluding hydrogens is 384 g/mol. The second-order valence-electron chi connectivity index (χ2n) is 6.23. The fourth-order valence-electron chi connectivity index (χ4n) is 2.68. The van der Waals surface area contributed by atoms with Crippen LogP contribution in [0, 0.1) is 0 Å². The molecule has 0 saturated heterocycles. The number of aliphatic hydroxyl groups excluding tert-OH is 1. The van der Waals surface area contributed by atoms with Gasteiger partial charge in [0.2, 0.25) is 0 Å². The number of carbonyl (C=O) groups excluding carboxylic acids is 2. The van der Waals surface area contributed by atoms with Gasteiger partial charge in [-0.05, 0) is 36.4 Å². The van der Waals surface area contributed by atoms with Gasteiger partial charge in [-0.3, -0.25) is 4.79 Å². The van der Waals surface area contributed by atoms with Crippen molar-refractivity contribution >= 4 is 23.3 Å². The van der Waals surface area contributed by atoms with Crippen LogP contribution in [0.5, 0.6) is 11.5 Å². The zero-order valence-electron chi connectivity index (χ0n) is 16.2. The summed E-state index contributed by atoms with van der Waals surface area (Å²) in [5, 5.41) is 14.6. The Morgan fingerprint density at radius 3 is 2.27 bits per heavy atom. The van der Waals surface area contributed by atoms with E-state index in [9.17, 15) is 9.59 Å². The quantitative estimate of drug-likeness (QED) is 0.469. The Morgan fingerprint density at radius 1 is 0.833 bits per heavy atom. The molecule has 0 aromatic heterocycles. The van der Waals surface area contributed by atoms with Crippen molar-refractivity contribution in [3.63, 3.8) is 0 Å². The van der Waals surface area contributed by atoms with Crippen LogP contribution >= 0.6 is 0 Å². The second kappa shape index (κ2) is 10.6. The van der Waals surface area contributed by atoms with E-state index in [1.807, 2.05) is 30.3 Å². The maximum absolute atomic E-state index is 12.4. The minimum Gasteiger partial charge on any atom is -0.455 e. The molecule has 154 valence electrons. The summed E-state index contributed by atoms with van der Waals surface area (Å²) in [7, 11) is 0. The minimum absolute atomic E-state index is 0.0732. The summed E-state index contributed by atoms with van der Waals surface area (Å²) in [5.74, 6) is -0.0205. The lowest BCUT2D eigenvalue weighted by Gasteiger charge is -2.13. The molecule has 30 heavy (non-hydrogen) atoms. The van der Waals surface area contributed by atoms with Gasteiger partial charge < -0.3 is 25.2 Å². The Labute approximate surface area is 174 Å². The number of hydrogen-bond donors (Lipinski definition) is 3. The topological polar surface area (TPSA) is 96.9 Å². The highest BCUT2D eigenvalue weighted by Gasteiger charge is 2.15. The number of ether oxygens (including phenoxy) is 2. The van der Waals surface area contributed by atoms with Crippen LogP contribution < -0.4 is 15.4 Å². The van der Waals surface area contributed by atoms with E-state index in [0.29, 0.717) is 29.4 Å². The number of nitrogens with one attached hydrogen (secondary N) is 2. The number of hydrogen-bond acceptors (Lipinski definition) is 6. The minimum atomic E-state index is -0.639. The van der Waals surface area contributed by atoms with Crippen molar-refractivity contribution in [3.05, 3.63) is 84.4 Å². The van der Waals surface area contributed by atoms with E-state index in [1.54, 1.807) is 48.5 Å².